The molecule has 0 saturated heterocycles. The Kier molecular flexibility index (Phi) is 4.25. The maximum atomic E-state index is 10.7. The van der Waals surface area contributed by atoms with Crippen molar-refractivity contribution in [3.63, 3.8) is 0 Å². The lowest BCUT2D eigenvalue weighted by Gasteiger charge is -2.04. The largest absolute Gasteiger partial charge is 0.449 e. The lowest BCUT2D eigenvalue weighted by atomic mass is 10.1. The Labute approximate surface area is 97.1 Å². The molecule has 1 aromatic rings. The van der Waals surface area contributed by atoms with Gasteiger partial charge in [-0.15, -0.1) is 0 Å². The van der Waals surface area contributed by atoms with E-state index in [1.165, 1.54) is 6.07 Å². The minimum Gasteiger partial charge on any atom is -0.449 e. The van der Waals surface area contributed by atoms with Gasteiger partial charge in [0.25, 0.3) is 5.69 Å². The fourth-order valence-corrected chi connectivity index (χ4v) is 1.34. The molecule has 0 atom stereocenters. The summed E-state index contributed by atoms with van der Waals surface area (Å²) in [7, 11) is 0. The summed E-state index contributed by atoms with van der Waals surface area (Å²) in [5.41, 5.74) is 0.232. The molecular formula is C10H10ClNO4. The van der Waals surface area contributed by atoms with Crippen molar-refractivity contribution in [3.05, 3.63) is 39.4 Å². The van der Waals surface area contributed by atoms with Crippen molar-refractivity contribution in [1.29, 1.82) is 0 Å². The summed E-state index contributed by atoms with van der Waals surface area (Å²) < 4.78 is 4.54. The quantitative estimate of drug-likeness (QED) is 0.463. The van der Waals surface area contributed by atoms with Crippen LogP contribution in [-0.2, 0) is 17.8 Å². The predicted octanol–water partition coefficient (Wildman–Crippen LogP) is 3.03. The third-order valence-corrected chi connectivity index (χ3v) is 2.20. The zero-order valence-corrected chi connectivity index (χ0v) is 9.36. The smallest absolute Gasteiger partial charge is 0.404 e. The van der Waals surface area contributed by atoms with Crippen LogP contribution in [0.5, 0.6) is 0 Å². The van der Waals surface area contributed by atoms with Crippen LogP contribution in [0.15, 0.2) is 18.2 Å². The molecule has 0 aliphatic heterocycles. The highest BCUT2D eigenvalue weighted by Crippen LogP contribution is 2.21. The van der Waals surface area contributed by atoms with Gasteiger partial charge in [-0.25, -0.2) is 4.79 Å². The van der Waals surface area contributed by atoms with Gasteiger partial charge < -0.3 is 4.74 Å². The van der Waals surface area contributed by atoms with Gasteiger partial charge in [0.05, 0.1) is 10.5 Å². The Hall–Kier alpha value is -1.62. The van der Waals surface area contributed by atoms with Crippen molar-refractivity contribution in [3.8, 4) is 0 Å². The summed E-state index contributed by atoms with van der Waals surface area (Å²) in [6.07, 6.45) is 0.750. The zero-order valence-electron chi connectivity index (χ0n) is 8.60. The minimum absolute atomic E-state index is 0.0740. The van der Waals surface area contributed by atoms with Crippen molar-refractivity contribution < 1.29 is 14.5 Å². The van der Waals surface area contributed by atoms with Crippen molar-refractivity contribution in [2.24, 2.45) is 0 Å². The van der Waals surface area contributed by atoms with E-state index in [0.29, 0.717) is 5.56 Å². The molecule has 0 N–H and O–H groups in total. The van der Waals surface area contributed by atoms with Crippen LogP contribution in [0.2, 0.25) is 0 Å². The Balaban J connectivity index is 3.00. The highest BCUT2D eigenvalue weighted by Gasteiger charge is 2.14. The van der Waals surface area contributed by atoms with E-state index in [0.717, 1.165) is 12.0 Å². The van der Waals surface area contributed by atoms with Crippen LogP contribution >= 0.6 is 11.6 Å². The molecule has 6 heteroatoms. The number of nitro benzene ring substituents is 1. The van der Waals surface area contributed by atoms with Gasteiger partial charge in [0.2, 0.25) is 0 Å². The van der Waals surface area contributed by atoms with Gasteiger partial charge in [0, 0.05) is 17.7 Å². The average molecular weight is 244 g/mol. The van der Waals surface area contributed by atoms with Crippen LogP contribution < -0.4 is 0 Å². The predicted molar refractivity (Wildman–Crippen MR) is 58.5 cm³/mol. The third-order valence-electron chi connectivity index (χ3n) is 2.09. The maximum absolute atomic E-state index is 10.7. The van der Waals surface area contributed by atoms with E-state index in [1.807, 2.05) is 6.92 Å². The highest BCUT2D eigenvalue weighted by molar-refractivity contribution is 6.61. The molecule has 0 radical (unpaired) electrons. The van der Waals surface area contributed by atoms with E-state index in [-0.39, 0.29) is 12.3 Å². The Morgan fingerprint density at radius 3 is 2.75 bits per heavy atom. The van der Waals surface area contributed by atoms with Gasteiger partial charge in [0.1, 0.15) is 6.61 Å². The molecule has 0 amide bonds. The standard InChI is InChI=1S/C10H10ClNO4/c1-2-7-3-4-9(12(14)15)8(5-7)6-16-10(11)13/h3-5H,2,6H2,1H3. The normalized spacial score (nSPS) is 9.88. The van der Waals surface area contributed by atoms with E-state index in [4.69, 9.17) is 11.6 Å². The number of hydrogen-bond acceptors (Lipinski definition) is 4. The van der Waals surface area contributed by atoms with Crippen molar-refractivity contribution in [1.82, 2.24) is 0 Å². The van der Waals surface area contributed by atoms with Gasteiger partial charge in [-0.3, -0.25) is 10.1 Å². The zero-order chi connectivity index (χ0) is 12.1. The van der Waals surface area contributed by atoms with Gasteiger partial charge in [-0.05, 0) is 18.1 Å². The molecule has 0 aliphatic rings. The number of aryl methyl sites for hydroxylation is 1. The van der Waals surface area contributed by atoms with Crippen LogP contribution in [0, 0.1) is 10.1 Å². The summed E-state index contributed by atoms with van der Waals surface area (Å²) in [6.45, 7) is 1.74. The molecule has 0 fully saturated rings. The minimum atomic E-state index is -0.976. The number of carbonyl (C=O) groups is 1. The number of hydrogen-bond donors (Lipinski definition) is 0. The monoisotopic (exact) mass is 243 g/mol. The first-order valence-electron chi connectivity index (χ1n) is 4.63. The molecule has 0 saturated carbocycles. The second kappa shape index (κ2) is 5.46. The van der Waals surface area contributed by atoms with Gasteiger partial charge >= 0.3 is 5.43 Å². The fraction of sp³-hybridized carbons (Fsp3) is 0.300. The molecule has 0 heterocycles. The highest BCUT2D eigenvalue weighted by atomic mass is 35.5. The number of rotatable bonds is 4. The number of benzene rings is 1. The van der Waals surface area contributed by atoms with Crippen molar-refractivity contribution in [2.45, 2.75) is 20.0 Å². The lowest BCUT2D eigenvalue weighted by molar-refractivity contribution is -0.385. The summed E-state index contributed by atoms with van der Waals surface area (Å²) in [6, 6.07) is 4.71. The van der Waals surface area contributed by atoms with Crippen LogP contribution in [0.25, 0.3) is 0 Å². The molecule has 0 unspecified atom stereocenters. The number of carbonyl (C=O) groups excluding carboxylic acids is 1. The first-order chi connectivity index (χ1) is 7.54. The third kappa shape index (κ3) is 3.20. The second-order valence-corrected chi connectivity index (χ2v) is 3.41. The Morgan fingerprint density at radius 2 is 2.25 bits per heavy atom. The van der Waals surface area contributed by atoms with Crippen LogP contribution in [0.3, 0.4) is 0 Å². The number of ether oxygens (including phenoxy) is 1. The van der Waals surface area contributed by atoms with Crippen molar-refractivity contribution >= 4 is 22.7 Å². The molecule has 1 rings (SSSR count). The molecule has 16 heavy (non-hydrogen) atoms. The fourth-order valence-electron chi connectivity index (χ4n) is 1.29. The van der Waals surface area contributed by atoms with E-state index in [1.54, 1.807) is 12.1 Å². The number of halogens is 1. The number of nitrogens with zero attached hydrogens (tertiary/aromatic N) is 1. The Bertz CT molecular complexity index is 419. The lowest BCUT2D eigenvalue weighted by Crippen LogP contribution is -2.01. The molecule has 0 aromatic heterocycles. The summed E-state index contributed by atoms with van der Waals surface area (Å²) in [5, 5.41) is 10.7. The van der Waals surface area contributed by atoms with Crippen LogP contribution in [-0.4, -0.2) is 10.4 Å². The maximum Gasteiger partial charge on any atom is 0.404 e. The van der Waals surface area contributed by atoms with Gasteiger partial charge in [0.15, 0.2) is 0 Å². The van der Waals surface area contributed by atoms with Crippen LogP contribution in [0.1, 0.15) is 18.1 Å². The molecule has 0 bridgehead atoms. The molecular weight excluding hydrogens is 234 g/mol. The number of nitro groups is 1. The molecule has 0 spiro atoms. The average Bonchev–Trinajstić information content (AvgIpc) is 2.25. The molecule has 1 aromatic carbocycles. The molecule has 5 nitrogen and oxygen atoms in total. The first-order valence-corrected chi connectivity index (χ1v) is 5.00. The van der Waals surface area contributed by atoms with E-state index in [2.05, 4.69) is 4.74 Å². The van der Waals surface area contributed by atoms with Gasteiger partial charge in [-0.2, -0.15) is 0 Å². The summed E-state index contributed by atoms with van der Waals surface area (Å²) in [5.74, 6) is 0. The molecule has 0 aliphatic carbocycles. The second-order valence-electron chi connectivity index (χ2n) is 3.10. The van der Waals surface area contributed by atoms with E-state index < -0.39 is 10.4 Å². The topological polar surface area (TPSA) is 69.4 Å². The Morgan fingerprint density at radius 1 is 1.56 bits per heavy atom. The molecule has 86 valence electrons. The van der Waals surface area contributed by atoms with Crippen molar-refractivity contribution in [2.75, 3.05) is 0 Å². The SMILES string of the molecule is CCc1ccc([N+](=O)[O-])c(COC(=O)Cl)c1. The summed E-state index contributed by atoms with van der Waals surface area (Å²) >= 11 is 5.00. The van der Waals surface area contributed by atoms with Crippen LogP contribution in [0.4, 0.5) is 10.5 Å². The first kappa shape index (κ1) is 12.4. The van der Waals surface area contributed by atoms with E-state index in [9.17, 15) is 14.9 Å². The van der Waals surface area contributed by atoms with E-state index >= 15 is 0 Å². The van der Waals surface area contributed by atoms with Gasteiger partial charge in [-0.1, -0.05) is 13.0 Å². The summed E-state index contributed by atoms with van der Waals surface area (Å²) in [4.78, 5) is 20.6.